The fraction of sp³-hybridized carbons (Fsp3) is 0.400. The van der Waals surface area contributed by atoms with Crippen LogP contribution in [0, 0.1) is 0 Å². The Balaban J connectivity index is 0.00000188. The molecule has 4 heteroatoms. The summed E-state index contributed by atoms with van der Waals surface area (Å²) in [6.07, 6.45) is 0.775. The zero-order valence-electron chi connectivity index (χ0n) is 20.6. The van der Waals surface area contributed by atoms with Gasteiger partial charge in [0.2, 0.25) is 0 Å². The van der Waals surface area contributed by atoms with Crippen LogP contribution in [0.25, 0.3) is 0 Å². The third-order valence-electron chi connectivity index (χ3n) is 4.90. The molecule has 0 radical (unpaired) electrons. The lowest BCUT2D eigenvalue weighted by atomic mass is 10.1. The molecule has 3 rings (SSSR count). The third kappa shape index (κ3) is 10.8. The highest BCUT2D eigenvalue weighted by Gasteiger charge is 2.17. The van der Waals surface area contributed by atoms with Crippen LogP contribution in [0.3, 0.4) is 0 Å². The van der Waals surface area contributed by atoms with Crippen molar-refractivity contribution in [1.29, 1.82) is 0 Å². The van der Waals surface area contributed by atoms with Gasteiger partial charge in [0.15, 0.2) is 11.5 Å². The number of benzene rings is 3. The Morgan fingerprint density at radius 2 is 1.26 bits per heavy atom. The van der Waals surface area contributed by atoms with Crippen LogP contribution in [0.15, 0.2) is 78.9 Å². The summed E-state index contributed by atoms with van der Waals surface area (Å²) in [6, 6.07) is 26.3. The molecular weight excluding hydrogens is 425 g/mol. The smallest absolute Gasteiger partial charge is 0.161 e. The van der Waals surface area contributed by atoms with Crippen LogP contribution >= 0.6 is 0 Å². The molecule has 186 valence electrons. The van der Waals surface area contributed by atoms with Gasteiger partial charge in [-0.25, -0.2) is 4.39 Å². The summed E-state index contributed by atoms with van der Waals surface area (Å²) in [7, 11) is 0. The van der Waals surface area contributed by atoms with Gasteiger partial charge in [-0.1, -0.05) is 88.0 Å². The first-order valence-electron chi connectivity index (χ1n) is 11.8. The van der Waals surface area contributed by atoms with Crippen molar-refractivity contribution in [2.45, 2.75) is 73.4 Å². The number of halogens is 1. The molecule has 3 nitrogen and oxygen atoms in total. The molecule has 3 aromatic rings. The van der Waals surface area contributed by atoms with Crippen LogP contribution in [0.2, 0.25) is 0 Å². The predicted molar refractivity (Wildman–Crippen MR) is 142 cm³/mol. The Morgan fingerprint density at radius 1 is 0.765 bits per heavy atom. The first-order valence-corrected chi connectivity index (χ1v) is 11.8. The molecule has 1 unspecified atom stereocenters. The van der Waals surface area contributed by atoms with Crippen molar-refractivity contribution >= 4 is 0 Å². The molecule has 3 aromatic carbocycles. The second-order valence-electron chi connectivity index (χ2n) is 8.53. The highest BCUT2D eigenvalue weighted by Crippen LogP contribution is 2.30. The van der Waals surface area contributed by atoms with Crippen molar-refractivity contribution in [2.24, 2.45) is 0 Å². The molecule has 0 aliphatic rings. The molecule has 0 fully saturated rings. The van der Waals surface area contributed by atoms with Gasteiger partial charge in [-0.15, -0.1) is 0 Å². The SMILES string of the molecule is C.CC.CC(Cc1ccc(OCc2ccccc2)c(OCc2ccccc2)c1)NCC(C)(C)F. The maximum atomic E-state index is 13.8. The average Bonchev–Trinajstić information content (AvgIpc) is 2.83. The summed E-state index contributed by atoms with van der Waals surface area (Å²) in [4.78, 5) is 0. The lowest BCUT2D eigenvalue weighted by Crippen LogP contribution is -2.37. The Bertz CT molecular complexity index is 924. The Hall–Kier alpha value is -2.85. The van der Waals surface area contributed by atoms with E-state index < -0.39 is 5.67 Å². The van der Waals surface area contributed by atoms with Crippen molar-refractivity contribution < 1.29 is 13.9 Å². The normalized spacial score (nSPS) is 11.5. The quantitative estimate of drug-likeness (QED) is 0.312. The Kier molecular flexibility index (Phi) is 13.0. The predicted octanol–water partition coefficient (Wildman–Crippen LogP) is 7.78. The molecule has 0 bridgehead atoms. The molecule has 1 atom stereocenters. The number of hydrogen-bond donors (Lipinski definition) is 1. The van der Waals surface area contributed by atoms with Crippen LogP contribution in [0.4, 0.5) is 4.39 Å². The van der Waals surface area contributed by atoms with Crippen molar-refractivity contribution in [2.75, 3.05) is 6.54 Å². The van der Waals surface area contributed by atoms with E-state index in [2.05, 4.69) is 18.3 Å². The van der Waals surface area contributed by atoms with Crippen LogP contribution in [0.5, 0.6) is 11.5 Å². The Labute approximate surface area is 206 Å². The summed E-state index contributed by atoms with van der Waals surface area (Å²) in [5.74, 6) is 1.43. The van der Waals surface area contributed by atoms with E-state index in [1.165, 1.54) is 0 Å². The minimum absolute atomic E-state index is 0. The molecular formula is C30H42FNO2. The standard InChI is InChI=1S/C27H32FNO2.C2H6.CH4/c1-21(29-20-27(2,3)28)16-24-14-15-25(30-18-22-10-6-4-7-11-22)26(17-24)31-19-23-12-8-5-9-13-23;1-2;/h4-15,17,21,29H,16,18-20H2,1-3H3;1-2H3;1H4. The van der Waals surface area contributed by atoms with Crippen LogP contribution in [0.1, 0.15) is 58.7 Å². The van der Waals surface area contributed by atoms with Gasteiger partial charge in [0.25, 0.3) is 0 Å². The highest BCUT2D eigenvalue weighted by atomic mass is 19.1. The van der Waals surface area contributed by atoms with E-state index in [4.69, 9.17) is 9.47 Å². The largest absolute Gasteiger partial charge is 0.485 e. The Morgan fingerprint density at radius 3 is 1.76 bits per heavy atom. The van der Waals surface area contributed by atoms with Gasteiger partial charge in [0, 0.05) is 12.6 Å². The summed E-state index contributed by atoms with van der Waals surface area (Å²) < 4.78 is 26.0. The monoisotopic (exact) mass is 467 g/mol. The van der Waals surface area contributed by atoms with E-state index in [1.54, 1.807) is 13.8 Å². The van der Waals surface area contributed by atoms with Crippen molar-refractivity contribution in [3.8, 4) is 11.5 Å². The molecule has 0 aliphatic carbocycles. The molecule has 0 saturated carbocycles. The number of hydrogen-bond acceptors (Lipinski definition) is 3. The average molecular weight is 468 g/mol. The maximum Gasteiger partial charge on any atom is 0.161 e. The van der Waals surface area contributed by atoms with E-state index in [-0.39, 0.29) is 13.5 Å². The number of rotatable bonds is 11. The zero-order valence-corrected chi connectivity index (χ0v) is 20.6. The topological polar surface area (TPSA) is 30.5 Å². The molecule has 0 heterocycles. The van der Waals surface area contributed by atoms with Crippen molar-refractivity contribution in [3.63, 3.8) is 0 Å². The molecule has 0 aromatic heterocycles. The van der Waals surface area contributed by atoms with E-state index in [1.807, 2.05) is 86.6 Å². The molecule has 0 aliphatic heterocycles. The second kappa shape index (κ2) is 15.1. The second-order valence-corrected chi connectivity index (χ2v) is 8.53. The van der Waals surface area contributed by atoms with Gasteiger partial charge in [-0.2, -0.15) is 0 Å². The minimum atomic E-state index is -1.23. The maximum absolute atomic E-state index is 13.8. The fourth-order valence-corrected chi connectivity index (χ4v) is 3.22. The summed E-state index contributed by atoms with van der Waals surface area (Å²) in [5.41, 5.74) is 2.09. The summed E-state index contributed by atoms with van der Waals surface area (Å²) >= 11 is 0. The van der Waals surface area contributed by atoms with Crippen LogP contribution in [-0.4, -0.2) is 18.3 Å². The lowest BCUT2D eigenvalue weighted by Gasteiger charge is -2.20. The van der Waals surface area contributed by atoms with Crippen molar-refractivity contribution in [3.05, 3.63) is 95.6 Å². The summed E-state index contributed by atoms with van der Waals surface area (Å²) in [5, 5.41) is 3.26. The van der Waals surface area contributed by atoms with Gasteiger partial charge in [-0.05, 0) is 56.0 Å². The number of alkyl halides is 1. The van der Waals surface area contributed by atoms with Gasteiger partial charge >= 0.3 is 0 Å². The van der Waals surface area contributed by atoms with Crippen molar-refractivity contribution in [1.82, 2.24) is 5.32 Å². The molecule has 0 spiro atoms. The van der Waals surface area contributed by atoms with E-state index >= 15 is 0 Å². The minimum Gasteiger partial charge on any atom is -0.485 e. The van der Waals surface area contributed by atoms with Gasteiger partial charge in [-0.3, -0.25) is 0 Å². The first kappa shape index (κ1) is 29.2. The molecule has 0 amide bonds. The number of ether oxygens (including phenoxy) is 2. The fourth-order valence-electron chi connectivity index (χ4n) is 3.22. The lowest BCUT2D eigenvalue weighted by molar-refractivity contribution is 0.204. The van der Waals surface area contributed by atoms with E-state index in [0.29, 0.717) is 25.5 Å². The van der Waals surface area contributed by atoms with Gasteiger partial charge in [0.1, 0.15) is 18.9 Å². The highest BCUT2D eigenvalue weighted by molar-refractivity contribution is 5.43. The third-order valence-corrected chi connectivity index (χ3v) is 4.90. The number of nitrogens with one attached hydrogen (secondary N) is 1. The first-order chi connectivity index (χ1) is 15.9. The van der Waals surface area contributed by atoms with Crippen LogP contribution < -0.4 is 14.8 Å². The van der Waals surface area contributed by atoms with Gasteiger partial charge in [0.05, 0.1) is 0 Å². The van der Waals surface area contributed by atoms with Gasteiger partial charge < -0.3 is 14.8 Å². The van der Waals surface area contributed by atoms with E-state index in [9.17, 15) is 4.39 Å². The van der Waals surface area contributed by atoms with Crippen LogP contribution in [-0.2, 0) is 19.6 Å². The zero-order chi connectivity index (χ0) is 24.1. The molecule has 0 saturated heterocycles. The summed E-state index contributed by atoms with van der Waals surface area (Å²) in [6.45, 7) is 10.5. The van der Waals surface area contributed by atoms with E-state index in [0.717, 1.165) is 28.9 Å². The molecule has 34 heavy (non-hydrogen) atoms. The molecule has 1 N–H and O–H groups in total.